The van der Waals surface area contributed by atoms with Crippen molar-refractivity contribution < 1.29 is 31.1 Å². The summed E-state index contributed by atoms with van der Waals surface area (Å²) in [6, 6.07) is 0. The Bertz CT molecular complexity index is 72.1. The van der Waals surface area contributed by atoms with Crippen LogP contribution in [0.5, 0.6) is 0 Å². The quantitative estimate of drug-likeness (QED) is 0.305. The van der Waals surface area contributed by atoms with Crippen LogP contribution in [-0.2, 0) is 3.17 Å². The topological polar surface area (TPSA) is 84.6 Å². The van der Waals surface area contributed by atoms with E-state index in [0.29, 0.717) is 6.54 Å². The Labute approximate surface area is 62.4 Å². The Balaban J connectivity index is 3.15. The standard InChI is InChI=1S/C3H9IN2O3/c1-2-3-6(5)9-4(7)8/h2-3,5H2,1H3. The maximum Gasteiger partial charge on any atom is 0.533 e. The highest BCUT2D eigenvalue weighted by Gasteiger charge is 2.16. The van der Waals surface area contributed by atoms with Crippen molar-refractivity contribution in [3.63, 3.8) is 0 Å². The van der Waals surface area contributed by atoms with Gasteiger partial charge < -0.3 is 6.87 Å². The van der Waals surface area contributed by atoms with E-state index in [1.807, 2.05) is 6.92 Å². The molecule has 5 nitrogen and oxygen atoms in total. The molecular formula is C3H9IN2O3. The summed E-state index contributed by atoms with van der Waals surface area (Å²) in [5, 5.41) is 0.824. The van der Waals surface area contributed by atoms with Crippen molar-refractivity contribution in [3.8, 4) is 0 Å². The highest BCUT2D eigenvalue weighted by molar-refractivity contribution is 4.25. The van der Waals surface area contributed by atoms with E-state index in [1.165, 1.54) is 0 Å². The Morgan fingerprint density at radius 1 is 1.67 bits per heavy atom. The zero-order chi connectivity index (χ0) is 7.28. The molecule has 0 rings (SSSR count). The number of nitrogens with two attached hydrogens (primary N) is 1. The van der Waals surface area contributed by atoms with E-state index in [1.54, 1.807) is 0 Å². The van der Waals surface area contributed by atoms with Gasteiger partial charge in [0.2, 0.25) is 0 Å². The van der Waals surface area contributed by atoms with Gasteiger partial charge in [-0.2, -0.15) is 0 Å². The summed E-state index contributed by atoms with van der Waals surface area (Å²) in [5.41, 5.74) is 0. The average Bonchev–Trinajstić information content (AvgIpc) is 1.63. The Morgan fingerprint density at radius 3 is 2.56 bits per heavy atom. The molecule has 0 aliphatic heterocycles. The van der Waals surface area contributed by atoms with Crippen LogP contribution >= 0.6 is 0 Å². The third-order valence-corrected chi connectivity index (χ3v) is 1.42. The third kappa shape index (κ3) is 6.41. The molecule has 0 saturated heterocycles. The number of hydroxylamine groups is 1. The smallest absolute Gasteiger partial charge is 0.394 e. The molecule has 0 atom stereocenters. The molecule has 0 spiro atoms. The van der Waals surface area contributed by atoms with Gasteiger partial charge in [0, 0.05) is 6.54 Å². The van der Waals surface area contributed by atoms with E-state index in [0.717, 1.165) is 11.6 Å². The third-order valence-electron chi connectivity index (χ3n) is 0.589. The van der Waals surface area contributed by atoms with Crippen LogP contribution in [0, 0.1) is 0 Å². The van der Waals surface area contributed by atoms with Gasteiger partial charge in [-0.1, -0.05) is 6.92 Å². The first-order chi connectivity index (χ1) is 4.16. The van der Waals surface area contributed by atoms with E-state index >= 15 is 0 Å². The number of halogens is 1. The lowest BCUT2D eigenvalue weighted by atomic mass is 10.5. The summed E-state index contributed by atoms with van der Waals surface area (Å²) in [4.78, 5) is 0. The molecule has 0 aromatic carbocycles. The van der Waals surface area contributed by atoms with Gasteiger partial charge in [0.1, 0.15) is 0 Å². The SMILES string of the molecule is CCCN(N)O[I+2]([O-])[O-]. The summed E-state index contributed by atoms with van der Waals surface area (Å²) >= 11 is -3.61. The van der Waals surface area contributed by atoms with Crippen LogP contribution in [0.1, 0.15) is 13.3 Å². The summed E-state index contributed by atoms with van der Waals surface area (Å²) in [7, 11) is 0. The van der Waals surface area contributed by atoms with Gasteiger partial charge >= 0.3 is 21.1 Å². The van der Waals surface area contributed by atoms with Crippen molar-refractivity contribution in [1.29, 1.82) is 0 Å². The number of nitrogens with zero attached hydrogens (tertiary/aromatic N) is 1. The van der Waals surface area contributed by atoms with Gasteiger partial charge in [-0.05, 0) is 11.6 Å². The van der Waals surface area contributed by atoms with Crippen LogP contribution in [0.3, 0.4) is 0 Å². The summed E-state index contributed by atoms with van der Waals surface area (Å²) in [6.45, 7) is 2.30. The Kier molecular flexibility index (Phi) is 5.64. The summed E-state index contributed by atoms with van der Waals surface area (Å²) in [6.07, 6.45) is 0.764. The first-order valence-corrected chi connectivity index (χ1v) is 5.07. The number of hydrazine groups is 1. The molecule has 0 aliphatic carbocycles. The van der Waals surface area contributed by atoms with Gasteiger partial charge in [-0.3, -0.25) is 0 Å². The molecule has 2 N–H and O–H groups in total. The first kappa shape index (κ1) is 9.53. The molecule has 0 aliphatic rings. The van der Waals surface area contributed by atoms with Crippen molar-refractivity contribution in [2.45, 2.75) is 13.3 Å². The fourth-order valence-corrected chi connectivity index (χ4v) is 0.937. The van der Waals surface area contributed by atoms with Crippen molar-refractivity contribution >= 4 is 0 Å². The largest absolute Gasteiger partial charge is 0.533 e. The molecule has 9 heavy (non-hydrogen) atoms. The molecular weight excluding hydrogens is 239 g/mol. The van der Waals surface area contributed by atoms with Crippen LogP contribution in [0.15, 0.2) is 0 Å². The maximum absolute atomic E-state index is 9.87. The van der Waals surface area contributed by atoms with E-state index in [-0.39, 0.29) is 0 Å². The zero-order valence-electron chi connectivity index (χ0n) is 5.04. The van der Waals surface area contributed by atoms with Crippen molar-refractivity contribution in [1.82, 2.24) is 5.17 Å². The van der Waals surface area contributed by atoms with E-state index < -0.39 is 21.1 Å². The molecule has 6 heteroatoms. The first-order valence-electron chi connectivity index (χ1n) is 2.43. The van der Waals surface area contributed by atoms with E-state index in [4.69, 9.17) is 5.84 Å². The predicted octanol–water partition coefficient (Wildman–Crippen LogP) is -5.41. The van der Waals surface area contributed by atoms with Gasteiger partial charge in [0.25, 0.3) is 0 Å². The second kappa shape index (κ2) is 5.33. The van der Waals surface area contributed by atoms with Crippen molar-refractivity contribution in [2.24, 2.45) is 5.84 Å². The molecule has 0 saturated carbocycles. The second-order valence-corrected chi connectivity index (χ2v) is 2.87. The molecule has 0 unspecified atom stereocenters. The van der Waals surface area contributed by atoms with Crippen LogP contribution in [0.25, 0.3) is 0 Å². The van der Waals surface area contributed by atoms with Crippen LogP contribution < -0.4 is 33.8 Å². The van der Waals surface area contributed by atoms with Crippen LogP contribution in [-0.4, -0.2) is 11.7 Å². The minimum absolute atomic E-state index is 0.429. The molecule has 0 aromatic rings. The lowest BCUT2D eigenvalue weighted by molar-refractivity contribution is -1.64. The number of rotatable bonds is 4. The lowest BCUT2D eigenvalue weighted by Crippen LogP contribution is -3.99. The summed E-state index contributed by atoms with van der Waals surface area (Å²) in [5.74, 6) is 5.04. The Hall–Kier alpha value is 0.530. The molecule has 0 bridgehead atoms. The molecule has 0 aromatic heterocycles. The minimum atomic E-state index is -3.61. The van der Waals surface area contributed by atoms with Gasteiger partial charge in [0.15, 0.2) is 0 Å². The monoisotopic (exact) mass is 248 g/mol. The predicted molar refractivity (Wildman–Crippen MR) is 22.3 cm³/mol. The summed E-state index contributed by atoms with van der Waals surface area (Å²) < 4.78 is 23.9. The van der Waals surface area contributed by atoms with Crippen LogP contribution in [0.2, 0.25) is 0 Å². The number of hydrogen-bond donors (Lipinski definition) is 1. The molecule has 0 amide bonds. The average molecular weight is 248 g/mol. The molecule has 0 fully saturated rings. The molecule has 0 heterocycles. The van der Waals surface area contributed by atoms with Crippen LogP contribution in [0.4, 0.5) is 0 Å². The number of hydrogen-bond acceptors (Lipinski definition) is 5. The highest BCUT2D eigenvalue weighted by Crippen LogP contribution is 1.75. The maximum atomic E-state index is 9.87. The molecule has 56 valence electrons. The van der Waals surface area contributed by atoms with Gasteiger partial charge in [-0.25, -0.2) is 5.84 Å². The fourth-order valence-electron chi connectivity index (χ4n) is 0.327. The fraction of sp³-hybridized carbons (Fsp3) is 1.00. The molecule has 0 radical (unpaired) electrons. The van der Waals surface area contributed by atoms with Crippen molar-refractivity contribution in [2.75, 3.05) is 6.54 Å². The van der Waals surface area contributed by atoms with E-state index in [9.17, 15) is 6.87 Å². The van der Waals surface area contributed by atoms with Gasteiger partial charge in [-0.15, -0.1) is 0 Å². The Morgan fingerprint density at radius 2 is 2.22 bits per heavy atom. The van der Waals surface area contributed by atoms with Gasteiger partial charge in [0.05, 0.1) is 3.17 Å². The van der Waals surface area contributed by atoms with E-state index in [2.05, 4.69) is 3.17 Å². The second-order valence-electron chi connectivity index (χ2n) is 1.40. The lowest BCUT2D eigenvalue weighted by Gasteiger charge is -2.03. The zero-order valence-corrected chi connectivity index (χ0v) is 7.20. The minimum Gasteiger partial charge on any atom is -0.394 e. The normalized spacial score (nSPS) is 11.3. The van der Waals surface area contributed by atoms with Crippen molar-refractivity contribution in [3.05, 3.63) is 0 Å². The highest BCUT2D eigenvalue weighted by atomic mass is 127.